The van der Waals surface area contributed by atoms with Gasteiger partial charge in [-0.25, -0.2) is 8.42 Å². The van der Waals surface area contributed by atoms with Crippen molar-refractivity contribution in [2.24, 2.45) is 0 Å². The lowest BCUT2D eigenvalue weighted by molar-refractivity contribution is 0.0938. The highest BCUT2D eigenvalue weighted by Gasteiger charge is 2.17. The highest BCUT2D eigenvalue weighted by atomic mass is 35.5. The van der Waals surface area contributed by atoms with E-state index in [0.717, 1.165) is 12.8 Å². The van der Waals surface area contributed by atoms with Crippen molar-refractivity contribution in [3.05, 3.63) is 59.1 Å². The van der Waals surface area contributed by atoms with E-state index >= 15 is 0 Å². The lowest BCUT2D eigenvalue weighted by atomic mass is 10.1. The Labute approximate surface area is 153 Å². The zero-order chi connectivity index (χ0) is 18.4. The summed E-state index contributed by atoms with van der Waals surface area (Å²) < 4.78 is 27.1. The van der Waals surface area contributed by atoms with Crippen LogP contribution >= 0.6 is 11.6 Å². The second kappa shape index (κ2) is 8.36. The van der Waals surface area contributed by atoms with Crippen LogP contribution in [0.5, 0.6) is 0 Å². The minimum Gasteiger partial charge on any atom is -0.350 e. The van der Waals surface area contributed by atoms with Crippen LogP contribution in [0.25, 0.3) is 0 Å². The molecule has 5 nitrogen and oxygen atoms in total. The van der Waals surface area contributed by atoms with E-state index in [0.29, 0.717) is 5.56 Å². The number of carbonyl (C=O) groups excluding carboxylic acids is 1. The highest BCUT2D eigenvalue weighted by Crippen LogP contribution is 2.26. The molecule has 134 valence electrons. The second-order valence-corrected chi connectivity index (χ2v) is 7.87. The molecule has 0 saturated carbocycles. The van der Waals surface area contributed by atoms with Gasteiger partial charge in [-0.3, -0.25) is 9.52 Å². The van der Waals surface area contributed by atoms with E-state index in [-0.39, 0.29) is 27.6 Å². The van der Waals surface area contributed by atoms with Crippen molar-refractivity contribution >= 4 is 33.2 Å². The molecule has 2 N–H and O–H groups in total. The quantitative estimate of drug-likeness (QED) is 0.760. The summed E-state index contributed by atoms with van der Waals surface area (Å²) in [5.74, 6) is -0.236. The molecule has 2 rings (SSSR count). The van der Waals surface area contributed by atoms with Crippen LogP contribution in [0.2, 0.25) is 5.02 Å². The van der Waals surface area contributed by atoms with Gasteiger partial charge in [-0.1, -0.05) is 43.1 Å². The molecule has 0 bridgehead atoms. The summed E-state index contributed by atoms with van der Waals surface area (Å²) in [5, 5.41) is 3.04. The monoisotopic (exact) mass is 380 g/mol. The van der Waals surface area contributed by atoms with Crippen LogP contribution < -0.4 is 10.0 Å². The van der Waals surface area contributed by atoms with E-state index < -0.39 is 10.0 Å². The lowest BCUT2D eigenvalue weighted by Crippen LogP contribution is -2.32. The molecule has 0 aliphatic rings. The molecule has 0 aliphatic carbocycles. The summed E-state index contributed by atoms with van der Waals surface area (Å²) in [4.78, 5) is 12.3. The van der Waals surface area contributed by atoms with Crippen LogP contribution in [-0.4, -0.2) is 20.4 Å². The fraction of sp³-hybridized carbons (Fsp3) is 0.278. The summed E-state index contributed by atoms with van der Waals surface area (Å²) in [6, 6.07) is 12.6. The topological polar surface area (TPSA) is 75.3 Å². The number of hydrogen-bond acceptors (Lipinski definition) is 3. The highest BCUT2D eigenvalue weighted by molar-refractivity contribution is 7.92. The summed E-state index contributed by atoms with van der Waals surface area (Å²) in [7, 11) is -3.73. The molecule has 2 aromatic rings. The molecule has 1 amide bonds. The van der Waals surface area contributed by atoms with Gasteiger partial charge in [-0.2, -0.15) is 0 Å². The Morgan fingerprint density at radius 2 is 1.84 bits per heavy atom. The number of benzene rings is 2. The first-order valence-corrected chi connectivity index (χ1v) is 9.88. The van der Waals surface area contributed by atoms with Gasteiger partial charge in [0.05, 0.1) is 15.6 Å². The molecule has 0 aromatic heterocycles. The van der Waals surface area contributed by atoms with Crippen molar-refractivity contribution < 1.29 is 13.2 Å². The van der Waals surface area contributed by atoms with Crippen molar-refractivity contribution in [1.82, 2.24) is 5.32 Å². The molecule has 0 radical (unpaired) electrons. The van der Waals surface area contributed by atoms with Gasteiger partial charge in [0.1, 0.15) is 0 Å². The maximum atomic E-state index is 12.3. The third kappa shape index (κ3) is 5.21. The summed E-state index contributed by atoms with van der Waals surface area (Å²) in [5.41, 5.74) is 0.610. The number of anilines is 1. The number of carbonyl (C=O) groups is 1. The Kier molecular flexibility index (Phi) is 6.45. The smallest absolute Gasteiger partial charge is 0.261 e. The van der Waals surface area contributed by atoms with Gasteiger partial charge < -0.3 is 5.32 Å². The van der Waals surface area contributed by atoms with E-state index in [2.05, 4.69) is 10.0 Å². The Hall–Kier alpha value is -2.05. The first-order valence-electron chi connectivity index (χ1n) is 8.01. The van der Waals surface area contributed by atoms with Gasteiger partial charge in [0.25, 0.3) is 15.9 Å². The van der Waals surface area contributed by atoms with E-state index in [9.17, 15) is 13.2 Å². The van der Waals surface area contributed by atoms with E-state index in [4.69, 9.17) is 11.6 Å². The number of rotatable bonds is 7. The average molecular weight is 381 g/mol. The summed E-state index contributed by atoms with van der Waals surface area (Å²) in [6.07, 6.45) is 1.86. The SMILES string of the molecule is CCC[C@H](C)NC(=O)c1ccc(NS(=O)(=O)c2ccccc2)c(Cl)c1. The fourth-order valence-electron chi connectivity index (χ4n) is 2.35. The van der Waals surface area contributed by atoms with Crippen molar-refractivity contribution in [2.45, 2.75) is 37.6 Å². The maximum Gasteiger partial charge on any atom is 0.261 e. The van der Waals surface area contributed by atoms with E-state index in [1.807, 2.05) is 13.8 Å². The number of sulfonamides is 1. The molecular weight excluding hydrogens is 360 g/mol. The van der Waals surface area contributed by atoms with Crippen LogP contribution in [0.15, 0.2) is 53.4 Å². The zero-order valence-electron chi connectivity index (χ0n) is 14.1. The van der Waals surface area contributed by atoms with Crippen molar-refractivity contribution in [1.29, 1.82) is 0 Å². The van der Waals surface area contributed by atoms with Crippen LogP contribution in [0.1, 0.15) is 37.0 Å². The Morgan fingerprint density at radius 3 is 2.44 bits per heavy atom. The molecule has 1 atom stereocenters. The molecule has 0 heterocycles. The van der Waals surface area contributed by atoms with Gasteiger partial charge in [-0.15, -0.1) is 0 Å². The van der Waals surface area contributed by atoms with Crippen molar-refractivity contribution in [3.8, 4) is 0 Å². The standard InChI is InChI=1S/C18H21ClN2O3S/c1-3-7-13(2)20-18(22)14-10-11-17(16(19)12-14)21-25(23,24)15-8-5-4-6-9-15/h4-6,8-13,21H,3,7H2,1-2H3,(H,20,22)/t13-/m0/s1. The van der Waals surface area contributed by atoms with Gasteiger partial charge in [0, 0.05) is 11.6 Å². The van der Waals surface area contributed by atoms with Crippen LogP contribution in [0.3, 0.4) is 0 Å². The number of nitrogens with one attached hydrogen (secondary N) is 2. The largest absolute Gasteiger partial charge is 0.350 e. The molecule has 25 heavy (non-hydrogen) atoms. The van der Waals surface area contributed by atoms with E-state index in [1.54, 1.807) is 24.3 Å². The zero-order valence-corrected chi connectivity index (χ0v) is 15.7. The molecular formula is C18H21ClN2O3S. The maximum absolute atomic E-state index is 12.3. The molecule has 2 aromatic carbocycles. The minimum atomic E-state index is -3.73. The van der Waals surface area contributed by atoms with Crippen molar-refractivity contribution in [2.75, 3.05) is 4.72 Å². The number of halogens is 1. The van der Waals surface area contributed by atoms with Gasteiger partial charge in [-0.05, 0) is 43.7 Å². The number of hydrogen-bond donors (Lipinski definition) is 2. The summed E-state index contributed by atoms with van der Waals surface area (Å²) in [6.45, 7) is 3.98. The third-order valence-corrected chi connectivity index (χ3v) is 5.32. The van der Waals surface area contributed by atoms with Crippen LogP contribution in [0, 0.1) is 0 Å². The summed E-state index contributed by atoms with van der Waals surface area (Å²) >= 11 is 6.16. The molecule has 7 heteroatoms. The Bertz CT molecular complexity index is 839. The molecule has 0 saturated heterocycles. The molecule has 0 spiro atoms. The van der Waals surface area contributed by atoms with Crippen molar-refractivity contribution in [3.63, 3.8) is 0 Å². The molecule has 0 fully saturated rings. The average Bonchev–Trinajstić information content (AvgIpc) is 2.57. The molecule has 0 unspecified atom stereocenters. The van der Waals surface area contributed by atoms with Gasteiger partial charge >= 0.3 is 0 Å². The lowest BCUT2D eigenvalue weighted by Gasteiger charge is -2.14. The Balaban J connectivity index is 2.16. The predicted molar refractivity (Wildman–Crippen MR) is 101 cm³/mol. The second-order valence-electron chi connectivity index (χ2n) is 5.78. The predicted octanol–water partition coefficient (Wildman–Crippen LogP) is 4.06. The molecule has 0 aliphatic heterocycles. The first-order chi connectivity index (χ1) is 11.8. The first kappa shape index (κ1) is 19.3. The van der Waals surface area contributed by atoms with Gasteiger partial charge in [0.2, 0.25) is 0 Å². The Morgan fingerprint density at radius 1 is 1.16 bits per heavy atom. The minimum absolute atomic E-state index is 0.0625. The van der Waals surface area contributed by atoms with E-state index in [1.165, 1.54) is 24.3 Å². The third-order valence-electron chi connectivity index (χ3n) is 3.63. The van der Waals surface area contributed by atoms with Crippen LogP contribution in [-0.2, 0) is 10.0 Å². The van der Waals surface area contributed by atoms with Gasteiger partial charge in [0.15, 0.2) is 0 Å². The number of amides is 1. The fourth-order valence-corrected chi connectivity index (χ4v) is 3.74. The van der Waals surface area contributed by atoms with Crippen LogP contribution in [0.4, 0.5) is 5.69 Å². The normalized spacial score (nSPS) is 12.4.